The summed E-state index contributed by atoms with van der Waals surface area (Å²) in [6.45, 7) is 9.47. The molecule has 254 valence electrons. The highest BCUT2D eigenvalue weighted by atomic mass is 32.2. The van der Waals surface area contributed by atoms with Crippen LogP contribution in [0.5, 0.6) is 5.75 Å². The lowest BCUT2D eigenvalue weighted by Gasteiger charge is -2.64. The van der Waals surface area contributed by atoms with Gasteiger partial charge in [-0.25, -0.2) is 17.9 Å². The first-order valence-corrected chi connectivity index (χ1v) is 18.0. The number of halogens is 3. The summed E-state index contributed by atoms with van der Waals surface area (Å²) in [5.74, 6) is 1.82. The summed E-state index contributed by atoms with van der Waals surface area (Å²) in [6, 6.07) is 2.73. The van der Waals surface area contributed by atoms with Crippen LogP contribution in [-0.2, 0) is 10.0 Å². The van der Waals surface area contributed by atoms with Crippen LogP contribution in [0.3, 0.4) is 0 Å². The van der Waals surface area contributed by atoms with Gasteiger partial charge in [-0.05, 0) is 128 Å². The fraction of sp³-hybridized carbons (Fsp3) is 0.788. The molecule has 0 spiro atoms. The van der Waals surface area contributed by atoms with Gasteiger partial charge >= 0.3 is 12.4 Å². The van der Waals surface area contributed by atoms with E-state index in [2.05, 4.69) is 37.7 Å². The van der Waals surface area contributed by atoms with Gasteiger partial charge in [-0.1, -0.05) is 34.1 Å². The molecule has 4 unspecified atom stereocenters. The zero-order chi connectivity index (χ0) is 32.9. The molecule has 4 saturated carbocycles. The minimum Gasteiger partial charge on any atom is -0.406 e. The summed E-state index contributed by atoms with van der Waals surface area (Å²) in [5, 5.41) is 25.0. The number of alkyl halides is 3. The number of ether oxygens (including phenoxy) is 1. The maximum atomic E-state index is 12.6. The lowest BCUT2D eigenvalue weighted by Crippen LogP contribution is -2.62. The molecule has 5 rings (SSSR count). The Morgan fingerprint density at radius 3 is 2.31 bits per heavy atom. The van der Waals surface area contributed by atoms with Crippen molar-refractivity contribution in [1.82, 2.24) is 10.0 Å². The van der Waals surface area contributed by atoms with Crippen LogP contribution in [0.4, 0.5) is 18.0 Å². The van der Waals surface area contributed by atoms with Gasteiger partial charge < -0.3 is 20.3 Å². The summed E-state index contributed by atoms with van der Waals surface area (Å²) < 4.78 is 68.0. The molecule has 0 heterocycles. The Morgan fingerprint density at radius 2 is 1.67 bits per heavy atom. The number of amides is 2. The highest BCUT2D eigenvalue weighted by Crippen LogP contribution is 2.69. The van der Waals surface area contributed by atoms with Gasteiger partial charge in [0.05, 0.1) is 17.1 Å². The number of rotatable bonds is 8. The van der Waals surface area contributed by atoms with Gasteiger partial charge in [0.2, 0.25) is 0 Å². The van der Waals surface area contributed by atoms with E-state index in [4.69, 9.17) is 0 Å². The van der Waals surface area contributed by atoms with Gasteiger partial charge in [0, 0.05) is 6.54 Å². The second-order valence-electron chi connectivity index (χ2n) is 14.8. The molecule has 1 aromatic carbocycles. The fourth-order valence-electron chi connectivity index (χ4n) is 10.6. The Labute approximate surface area is 264 Å². The van der Waals surface area contributed by atoms with E-state index in [1.54, 1.807) is 0 Å². The second kappa shape index (κ2) is 12.5. The van der Waals surface area contributed by atoms with E-state index in [0.29, 0.717) is 30.1 Å². The van der Waals surface area contributed by atoms with Crippen molar-refractivity contribution >= 4 is 16.1 Å². The molecule has 8 nitrogen and oxygen atoms in total. The van der Waals surface area contributed by atoms with Crippen molar-refractivity contribution in [2.75, 3.05) is 6.54 Å². The number of nitrogens with one attached hydrogen (secondary N) is 2. The van der Waals surface area contributed by atoms with Crippen LogP contribution in [0.1, 0.15) is 85.5 Å². The maximum absolute atomic E-state index is 12.6. The van der Waals surface area contributed by atoms with E-state index in [0.717, 1.165) is 75.6 Å². The number of urea groups is 1. The maximum Gasteiger partial charge on any atom is 0.573 e. The third-order valence-electron chi connectivity index (χ3n) is 12.6. The van der Waals surface area contributed by atoms with Gasteiger partial charge in [0.1, 0.15) is 5.75 Å². The molecule has 4 N–H and O–H groups in total. The zero-order valence-corrected chi connectivity index (χ0v) is 27.5. The molecule has 0 aliphatic heterocycles. The Morgan fingerprint density at radius 1 is 1.02 bits per heavy atom. The van der Waals surface area contributed by atoms with Crippen molar-refractivity contribution < 1.29 is 41.3 Å². The molecular formula is C33H49F3N2O6S. The number of carbonyl (C=O) groups is 1. The third-order valence-corrected chi connectivity index (χ3v) is 14.0. The number of aliphatic hydroxyl groups is 2. The van der Waals surface area contributed by atoms with Crippen LogP contribution in [-0.4, -0.2) is 49.8 Å². The molecule has 11 atom stereocenters. The molecule has 0 radical (unpaired) electrons. The average Bonchev–Trinajstić information content (AvgIpc) is 3.30. The standard InChI is InChI=1S/C33H49F3N2O6S/c1-5-23-27-18-20(39)12-15-32(27,4)26-13-16-31(3)24(10-11-25(31)28(26)29(23)40)19(2)14-17-37-30(41)38-45(42,43)22-8-6-21(7-9-22)44-33(34,35)36/h6-9,19-20,23-29,39-40H,5,10-18H2,1-4H3,(H2,37,38,41)/t19-,20-,23-,24?,25+,26+,27?,28+,29-,31?,32?/m1/s1. The Kier molecular flexibility index (Phi) is 9.54. The van der Waals surface area contributed by atoms with Gasteiger partial charge in [0.15, 0.2) is 0 Å². The molecule has 0 aromatic heterocycles. The summed E-state index contributed by atoms with van der Waals surface area (Å²) in [7, 11) is -4.29. The van der Waals surface area contributed by atoms with E-state index >= 15 is 0 Å². The lowest BCUT2D eigenvalue weighted by molar-refractivity contribution is -0.274. The van der Waals surface area contributed by atoms with E-state index in [9.17, 15) is 36.6 Å². The summed E-state index contributed by atoms with van der Waals surface area (Å²) >= 11 is 0. The normalized spacial score (nSPS) is 38.8. The van der Waals surface area contributed by atoms with Gasteiger partial charge in [-0.15, -0.1) is 13.2 Å². The zero-order valence-electron chi connectivity index (χ0n) is 26.6. The fourth-order valence-corrected chi connectivity index (χ4v) is 11.5. The monoisotopic (exact) mass is 658 g/mol. The summed E-state index contributed by atoms with van der Waals surface area (Å²) in [5.41, 5.74) is 0.218. The lowest BCUT2D eigenvalue weighted by atomic mass is 9.41. The number of hydrogen-bond donors (Lipinski definition) is 4. The average molecular weight is 659 g/mol. The third kappa shape index (κ3) is 6.57. The second-order valence-corrected chi connectivity index (χ2v) is 16.5. The first-order chi connectivity index (χ1) is 21.0. The van der Waals surface area contributed by atoms with Gasteiger partial charge in [-0.3, -0.25) is 0 Å². The molecule has 0 saturated heterocycles. The van der Waals surface area contributed by atoms with Crippen LogP contribution in [0, 0.1) is 52.3 Å². The van der Waals surface area contributed by atoms with E-state index in [1.165, 1.54) is 0 Å². The predicted molar refractivity (Wildman–Crippen MR) is 162 cm³/mol. The van der Waals surface area contributed by atoms with Crippen LogP contribution in [0.2, 0.25) is 0 Å². The van der Waals surface area contributed by atoms with E-state index < -0.39 is 28.2 Å². The van der Waals surface area contributed by atoms with Crippen molar-refractivity contribution in [2.24, 2.45) is 52.3 Å². The molecule has 12 heteroatoms. The number of sulfonamides is 1. The van der Waals surface area contributed by atoms with Crippen LogP contribution in [0.15, 0.2) is 29.2 Å². The largest absolute Gasteiger partial charge is 0.573 e. The predicted octanol–water partition coefficient (Wildman–Crippen LogP) is 6.23. The number of aliphatic hydroxyl groups excluding tert-OH is 2. The molecule has 1 aromatic rings. The molecule has 2 amide bonds. The molecule has 4 aliphatic rings. The summed E-state index contributed by atoms with van der Waals surface area (Å²) in [4.78, 5) is 12.1. The van der Waals surface area contributed by atoms with E-state index in [-0.39, 0.29) is 52.2 Å². The van der Waals surface area contributed by atoms with Gasteiger partial charge in [0.25, 0.3) is 10.0 Å². The molecule has 45 heavy (non-hydrogen) atoms. The number of benzene rings is 1. The first kappa shape index (κ1) is 34.3. The first-order valence-electron chi connectivity index (χ1n) is 16.5. The highest BCUT2D eigenvalue weighted by molar-refractivity contribution is 7.90. The molecule has 0 bridgehead atoms. The van der Waals surface area contributed by atoms with Crippen LogP contribution < -0.4 is 14.8 Å². The Hall–Kier alpha value is -2.05. The number of carbonyl (C=O) groups excluding carboxylic acids is 1. The van der Waals surface area contributed by atoms with Crippen LogP contribution in [0.25, 0.3) is 0 Å². The minimum absolute atomic E-state index is 0.0742. The van der Waals surface area contributed by atoms with Crippen molar-refractivity contribution in [1.29, 1.82) is 0 Å². The van der Waals surface area contributed by atoms with Gasteiger partial charge in [-0.2, -0.15) is 0 Å². The van der Waals surface area contributed by atoms with Crippen molar-refractivity contribution in [3.05, 3.63) is 24.3 Å². The molecular weight excluding hydrogens is 609 g/mol. The Balaban J connectivity index is 1.18. The van der Waals surface area contributed by atoms with E-state index in [1.807, 2.05) is 4.72 Å². The Bertz CT molecular complexity index is 1330. The number of hydrogen-bond acceptors (Lipinski definition) is 6. The number of fused-ring (bicyclic) bond motifs is 5. The molecule has 4 aliphatic carbocycles. The minimum atomic E-state index is -4.90. The molecule has 4 fully saturated rings. The van der Waals surface area contributed by atoms with Crippen molar-refractivity contribution in [3.8, 4) is 5.75 Å². The van der Waals surface area contributed by atoms with Crippen LogP contribution >= 0.6 is 0 Å². The SMILES string of the molecule is CC[C@@H]1C2C[C@H](O)CCC2(C)[C@H]2CCC3(C)C([C@H](C)CCNC(=O)NS(=O)(=O)c4ccc(OC(F)(F)F)cc4)CC[C@H]3[C@@H]2[C@@H]1O. The highest BCUT2D eigenvalue weighted by Gasteiger charge is 2.64. The quantitative estimate of drug-likeness (QED) is 0.263. The van der Waals surface area contributed by atoms with Crippen molar-refractivity contribution in [3.63, 3.8) is 0 Å². The summed E-state index contributed by atoms with van der Waals surface area (Å²) in [6.07, 6.45) is 3.02. The van der Waals surface area contributed by atoms with Crippen molar-refractivity contribution in [2.45, 2.75) is 109 Å². The topological polar surface area (TPSA) is 125 Å². The smallest absolute Gasteiger partial charge is 0.406 e.